The first-order valence-electron chi connectivity index (χ1n) is 8.35. The molecule has 0 N–H and O–H groups in total. The third-order valence-corrected chi connectivity index (χ3v) is 4.43. The van der Waals surface area contributed by atoms with E-state index in [0.29, 0.717) is 17.7 Å². The number of halogens is 1. The second-order valence-electron chi connectivity index (χ2n) is 5.89. The number of anilines is 1. The van der Waals surface area contributed by atoms with Crippen molar-refractivity contribution in [1.82, 2.24) is 4.57 Å². The van der Waals surface area contributed by atoms with Gasteiger partial charge in [0.2, 0.25) is 5.43 Å². The average Bonchev–Trinajstić information content (AvgIpc) is 3.09. The Balaban J connectivity index is 2.22. The van der Waals surface area contributed by atoms with Crippen molar-refractivity contribution in [3.63, 3.8) is 0 Å². The molecule has 0 atom stereocenters. The highest BCUT2D eigenvalue weighted by molar-refractivity contribution is 5.94. The van der Waals surface area contributed by atoms with Crippen LogP contribution < -0.4 is 10.3 Å². The van der Waals surface area contributed by atoms with E-state index in [1.54, 1.807) is 17.6 Å². The molecule has 24 heavy (non-hydrogen) atoms. The van der Waals surface area contributed by atoms with Gasteiger partial charge in [0.15, 0.2) is 0 Å². The fourth-order valence-electron chi connectivity index (χ4n) is 3.22. The predicted molar refractivity (Wildman–Crippen MR) is 91.2 cm³/mol. The number of carbonyl (C=O) groups excluding carboxylic acids is 1. The first-order valence-corrected chi connectivity index (χ1v) is 8.35. The van der Waals surface area contributed by atoms with Crippen molar-refractivity contribution < 1.29 is 13.9 Å². The maximum atomic E-state index is 14.6. The zero-order valence-electron chi connectivity index (χ0n) is 14.0. The van der Waals surface area contributed by atoms with E-state index in [2.05, 4.69) is 0 Å². The fraction of sp³-hybridized carbons (Fsp3) is 0.444. The lowest BCUT2D eigenvalue weighted by Gasteiger charge is -2.20. The summed E-state index contributed by atoms with van der Waals surface area (Å²) in [4.78, 5) is 26.6. The maximum absolute atomic E-state index is 14.6. The molecule has 1 aromatic carbocycles. The highest BCUT2D eigenvalue weighted by atomic mass is 19.1. The van der Waals surface area contributed by atoms with E-state index in [1.165, 1.54) is 12.3 Å². The van der Waals surface area contributed by atoms with E-state index in [9.17, 15) is 14.0 Å². The number of rotatable bonds is 4. The Morgan fingerprint density at radius 3 is 2.58 bits per heavy atom. The molecule has 0 spiro atoms. The van der Waals surface area contributed by atoms with Crippen LogP contribution >= 0.6 is 0 Å². The molecule has 1 fully saturated rings. The molecule has 0 bridgehead atoms. The van der Waals surface area contributed by atoms with Crippen LogP contribution in [0.1, 0.15) is 37.0 Å². The van der Waals surface area contributed by atoms with Gasteiger partial charge in [-0.2, -0.15) is 0 Å². The highest BCUT2D eigenvalue weighted by Gasteiger charge is 2.21. The van der Waals surface area contributed by atoms with Gasteiger partial charge in [-0.3, -0.25) is 4.79 Å². The van der Waals surface area contributed by atoms with Crippen molar-refractivity contribution >= 4 is 22.6 Å². The Morgan fingerprint density at radius 2 is 1.96 bits per heavy atom. The smallest absolute Gasteiger partial charge is 0.343 e. The SMILES string of the molecule is CCOC(=O)c1cn(CC)c2cc(N3CCCC3)c(F)cc2c1=O. The summed E-state index contributed by atoms with van der Waals surface area (Å²) in [6.45, 7) is 5.98. The number of pyridine rings is 1. The summed E-state index contributed by atoms with van der Waals surface area (Å²) in [5.74, 6) is -1.10. The lowest BCUT2D eigenvalue weighted by atomic mass is 10.1. The third-order valence-electron chi connectivity index (χ3n) is 4.43. The summed E-state index contributed by atoms with van der Waals surface area (Å²) in [6, 6.07) is 2.97. The van der Waals surface area contributed by atoms with Crippen LogP contribution in [0.4, 0.5) is 10.1 Å². The van der Waals surface area contributed by atoms with Gasteiger partial charge in [0, 0.05) is 31.2 Å². The first kappa shape index (κ1) is 16.5. The average molecular weight is 332 g/mol. The Kier molecular flexibility index (Phi) is 4.55. The summed E-state index contributed by atoms with van der Waals surface area (Å²) in [7, 11) is 0. The number of hydrogen-bond donors (Lipinski definition) is 0. The molecule has 0 aliphatic carbocycles. The van der Waals surface area contributed by atoms with Gasteiger partial charge >= 0.3 is 5.97 Å². The van der Waals surface area contributed by atoms with E-state index in [-0.39, 0.29) is 17.6 Å². The maximum Gasteiger partial charge on any atom is 0.343 e. The van der Waals surface area contributed by atoms with Crippen LogP contribution in [0.2, 0.25) is 0 Å². The predicted octanol–water partition coefficient (Wildman–Crippen LogP) is 2.94. The molecule has 128 valence electrons. The van der Waals surface area contributed by atoms with Crippen molar-refractivity contribution in [3.05, 3.63) is 39.9 Å². The Labute approximate surface area is 139 Å². The standard InChI is InChI=1S/C18H21FN2O3/c1-3-20-11-13(18(23)24-4-2)17(22)12-9-14(19)16(10-15(12)20)21-7-5-6-8-21/h9-11H,3-8H2,1-2H3. The molecule has 1 aliphatic heterocycles. The van der Waals surface area contributed by atoms with E-state index < -0.39 is 17.2 Å². The summed E-state index contributed by atoms with van der Waals surface area (Å²) < 4.78 is 21.3. The quantitative estimate of drug-likeness (QED) is 0.808. The lowest BCUT2D eigenvalue weighted by Crippen LogP contribution is -2.23. The number of aromatic nitrogens is 1. The lowest BCUT2D eigenvalue weighted by molar-refractivity contribution is 0.0524. The molecular formula is C18H21FN2O3. The van der Waals surface area contributed by atoms with E-state index in [0.717, 1.165) is 25.9 Å². The Hall–Kier alpha value is -2.37. The van der Waals surface area contributed by atoms with Gasteiger partial charge in [0.1, 0.15) is 11.4 Å². The van der Waals surface area contributed by atoms with Crippen LogP contribution in [-0.4, -0.2) is 30.2 Å². The normalized spacial score (nSPS) is 14.4. The fourth-order valence-corrected chi connectivity index (χ4v) is 3.22. The summed E-state index contributed by atoms with van der Waals surface area (Å²) in [5.41, 5.74) is 0.615. The number of carbonyl (C=O) groups is 1. The van der Waals surface area contributed by atoms with Crippen molar-refractivity contribution in [3.8, 4) is 0 Å². The largest absolute Gasteiger partial charge is 0.462 e. The van der Waals surface area contributed by atoms with Gasteiger partial charge < -0.3 is 14.2 Å². The van der Waals surface area contributed by atoms with E-state index >= 15 is 0 Å². The molecule has 6 heteroatoms. The van der Waals surface area contributed by atoms with Gasteiger partial charge in [-0.25, -0.2) is 9.18 Å². The minimum absolute atomic E-state index is 0.0560. The van der Waals surface area contributed by atoms with Gasteiger partial charge in [-0.15, -0.1) is 0 Å². The van der Waals surface area contributed by atoms with Crippen LogP contribution in [0.25, 0.3) is 10.9 Å². The number of ether oxygens (including phenoxy) is 1. The molecule has 1 aliphatic rings. The second kappa shape index (κ2) is 6.63. The number of hydrogen-bond acceptors (Lipinski definition) is 4. The minimum atomic E-state index is -0.671. The topological polar surface area (TPSA) is 51.5 Å². The molecule has 5 nitrogen and oxygen atoms in total. The monoisotopic (exact) mass is 332 g/mol. The summed E-state index contributed by atoms with van der Waals surface area (Å²) in [5, 5.41) is 0.211. The van der Waals surface area contributed by atoms with Gasteiger partial charge in [0.05, 0.1) is 17.8 Å². The molecular weight excluding hydrogens is 311 g/mol. The summed E-state index contributed by atoms with van der Waals surface area (Å²) >= 11 is 0. The number of nitrogens with zero attached hydrogens (tertiary/aromatic N) is 2. The Bertz CT molecular complexity index is 838. The van der Waals surface area contributed by atoms with Gasteiger partial charge in [0.25, 0.3) is 0 Å². The second-order valence-corrected chi connectivity index (χ2v) is 5.89. The molecule has 1 aromatic heterocycles. The number of esters is 1. The van der Waals surface area contributed by atoms with Gasteiger partial charge in [-0.1, -0.05) is 0 Å². The zero-order valence-corrected chi connectivity index (χ0v) is 14.0. The first-order chi connectivity index (χ1) is 11.6. The van der Waals surface area contributed by atoms with Crippen LogP contribution in [-0.2, 0) is 11.3 Å². The molecule has 0 saturated carbocycles. The zero-order chi connectivity index (χ0) is 17.3. The minimum Gasteiger partial charge on any atom is -0.462 e. The number of benzene rings is 1. The van der Waals surface area contributed by atoms with Crippen molar-refractivity contribution in [2.24, 2.45) is 0 Å². The van der Waals surface area contributed by atoms with Crippen molar-refractivity contribution in [2.45, 2.75) is 33.2 Å². The number of fused-ring (bicyclic) bond motifs is 1. The van der Waals surface area contributed by atoms with E-state index in [4.69, 9.17) is 4.74 Å². The van der Waals surface area contributed by atoms with Crippen LogP contribution in [0.15, 0.2) is 23.1 Å². The highest BCUT2D eigenvalue weighted by Crippen LogP contribution is 2.28. The van der Waals surface area contributed by atoms with E-state index in [1.807, 2.05) is 11.8 Å². The summed E-state index contributed by atoms with van der Waals surface area (Å²) in [6.07, 6.45) is 3.59. The Morgan fingerprint density at radius 1 is 1.25 bits per heavy atom. The third kappa shape index (κ3) is 2.77. The van der Waals surface area contributed by atoms with Crippen molar-refractivity contribution in [1.29, 1.82) is 0 Å². The van der Waals surface area contributed by atoms with Crippen molar-refractivity contribution in [2.75, 3.05) is 24.6 Å². The molecule has 3 rings (SSSR count). The molecule has 0 amide bonds. The van der Waals surface area contributed by atoms with Crippen LogP contribution in [0.5, 0.6) is 0 Å². The molecule has 2 heterocycles. The molecule has 2 aromatic rings. The number of aryl methyl sites for hydroxylation is 1. The van der Waals surface area contributed by atoms with Crippen LogP contribution in [0, 0.1) is 5.82 Å². The molecule has 0 unspecified atom stereocenters. The molecule has 1 saturated heterocycles. The molecule has 0 radical (unpaired) electrons. The van der Waals surface area contributed by atoms with Crippen LogP contribution in [0.3, 0.4) is 0 Å². The van der Waals surface area contributed by atoms with Gasteiger partial charge in [-0.05, 0) is 38.8 Å².